The quantitative estimate of drug-likeness (QED) is 0.741. The Hall–Kier alpha value is -2.87. The van der Waals surface area contributed by atoms with Crippen molar-refractivity contribution in [2.75, 3.05) is 0 Å². The van der Waals surface area contributed by atoms with Crippen LogP contribution in [0.2, 0.25) is 0 Å². The highest BCUT2D eigenvalue weighted by atomic mass is 32.2. The molecule has 0 saturated heterocycles. The Kier molecular flexibility index (Phi) is 3.30. The maximum Gasteiger partial charge on any atom is 0.333 e. The number of sulfone groups is 1. The number of aromatic nitrogens is 3. The monoisotopic (exact) mass is 317 g/mol. The van der Waals surface area contributed by atoms with Gasteiger partial charge < -0.3 is 9.97 Å². The Morgan fingerprint density at radius 2 is 1.64 bits per heavy atom. The number of nitrogens with zero attached hydrogens (tertiary/aromatic N) is 1. The summed E-state index contributed by atoms with van der Waals surface area (Å²) >= 11 is 0. The number of benzene rings is 1. The van der Waals surface area contributed by atoms with E-state index in [0.717, 1.165) is 10.8 Å². The summed E-state index contributed by atoms with van der Waals surface area (Å²) in [6.07, 6.45) is 2.36. The molecule has 112 valence electrons. The van der Waals surface area contributed by atoms with Gasteiger partial charge in [0.15, 0.2) is 4.90 Å². The van der Waals surface area contributed by atoms with E-state index in [-0.39, 0.29) is 10.7 Å². The minimum absolute atomic E-state index is 0.115. The lowest BCUT2D eigenvalue weighted by molar-refractivity contribution is 0.589. The molecule has 0 atom stereocenters. The topological polar surface area (TPSA) is 105 Å². The Bertz CT molecular complexity index is 1020. The first-order chi connectivity index (χ1) is 10.5. The van der Waals surface area contributed by atoms with E-state index < -0.39 is 26.0 Å². The molecule has 0 spiro atoms. The number of rotatable bonds is 3. The second kappa shape index (κ2) is 5.15. The lowest BCUT2D eigenvalue weighted by atomic mass is 10.3. The third-order valence-electron chi connectivity index (χ3n) is 3.11. The van der Waals surface area contributed by atoms with Crippen LogP contribution < -0.4 is 11.2 Å². The van der Waals surface area contributed by atoms with Crippen molar-refractivity contribution in [3.8, 4) is 5.69 Å². The Morgan fingerprint density at radius 1 is 0.909 bits per heavy atom. The summed E-state index contributed by atoms with van der Waals surface area (Å²) in [4.78, 5) is 28.7. The molecule has 0 bridgehead atoms. The second-order valence-corrected chi connectivity index (χ2v) is 6.36. The largest absolute Gasteiger partial charge is 0.352 e. The van der Waals surface area contributed by atoms with Gasteiger partial charge in [0.05, 0.1) is 5.69 Å². The zero-order valence-electron chi connectivity index (χ0n) is 11.2. The maximum atomic E-state index is 12.5. The molecule has 0 aliphatic rings. The van der Waals surface area contributed by atoms with Crippen molar-refractivity contribution >= 4 is 9.84 Å². The van der Waals surface area contributed by atoms with Gasteiger partial charge in [-0.2, -0.15) is 0 Å². The van der Waals surface area contributed by atoms with Crippen LogP contribution in [0.25, 0.3) is 5.69 Å². The first-order valence-electron chi connectivity index (χ1n) is 6.30. The number of nitrogens with one attached hydrogen (secondary N) is 2. The fourth-order valence-corrected chi connectivity index (χ4v) is 3.31. The van der Waals surface area contributed by atoms with Crippen LogP contribution in [-0.2, 0) is 9.84 Å². The third kappa shape index (κ3) is 2.19. The van der Waals surface area contributed by atoms with E-state index in [0.29, 0.717) is 0 Å². The first-order valence-corrected chi connectivity index (χ1v) is 7.79. The van der Waals surface area contributed by atoms with Gasteiger partial charge >= 0.3 is 5.69 Å². The molecule has 8 heteroatoms. The van der Waals surface area contributed by atoms with Crippen LogP contribution in [-0.4, -0.2) is 23.0 Å². The van der Waals surface area contributed by atoms with E-state index in [1.165, 1.54) is 18.3 Å². The molecule has 1 aromatic carbocycles. The number of aromatic amines is 2. The van der Waals surface area contributed by atoms with Gasteiger partial charge in [-0.1, -0.05) is 18.2 Å². The fourth-order valence-electron chi connectivity index (χ4n) is 2.06. The van der Waals surface area contributed by atoms with Crippen LogP contribution in [0, 0.1) is 0 Å². The van der Waals surface area contributed by atoms with Gasteiger partial charge in [0.1, 0.15) is 5.03 Å². The maximum absolute atomic E-state index is 12.5. The fraction of sp³-hybridized carbons (Fsp3) is 0. The Balaban J connectivity index is 2.30. The average molecular weight is 317 g/mol. The van der Waals surface area contributed by atoms with Crippen molar-refractivity contribution in [3.63, 3.8) is 0 Å². The standard InChI is InChI=1S/C14H11N3O4S/c18-13-11(22(20,21)12-7-4-8-15-12)9-16-14(19)17(13)10-5-2-1-3-6-10/h1-9,15H,(H,16,19). The van der Waals surface area contributed by atoms with E-state index in [1.54, 1.807) is 30.3 Å². The highest BCUT2D eigenvalue weighted by Crippen LogP contribution is 2.14. The highest BCUT2D eigenvalue weighted by molar-refractivity contribution is 7.91. The Morgan fingerprint density at radius 3 is 2.27 bits per heavy atom. The predicted molar refractivity (Wildman–Crippen MR) is 78.9 cm³/mol. The Labute approximate surface area is 124 Å². The summed E-state index contributed by atoms with van der Waals surface area (Å²) in [5.74, 6) is 0. The number of para-hydroxylation sites is 1. The lowest BCUT2D eigenvalue weighted by Crippen LogP contribution is -2.36. The van der Waals surface area contributed by atoms with Gasteiger partial charge in [-0.15, -0.1) is 0 Å². The summed E-state index contributed by atoms with van der Waals surface area (Å²) in [6, 6.07) is 11.0. The van der Waals surface area contributed by atoms with Crippen LogP contribution in [0.1, 0.15) is 0 Å². The second-order valence-electron chi connectivity index (χ2n) is 4.47. The molecule has 0 aliphatic carbocycles. The van der Waals surface area contributed by atoms with Gasteiger partial charge in [-0.3, -0.25) is 4.79 Å². The van der Waals surface area contributed by atoms with Crippen molar-refractivity contribution < 1.29 is 8.42 Å². The molecular formula is C14H11N3O4S. The lowest BCUT2D eigenvalue weighted by Gasteiger charge is -2.07. The zero-order chi connectivity index (χ0) is 15.7. The van der Waals surface area contributed by atoms with Gasteiger partial charge in [0, 0.05) is 12.4 Å². The van der Waals surface area contributed by atoms with Crippen LogP contribution in [0.5, 0.6) is 0 Å². The normalized spacial score (nSPS) is 11.5. The van der Waals surface area contributed by atoms with Gasteiger partial charge in [-0.05, 0) is 24.3 Å². The van der Waals surface area contributed by atoms with Crippen molar-refractivity contribution in [2.45, 2.75) is 9.92 Å². The van der Waals surface area contributed by atoms with Gasteiger partial charge in [0.25, 0.3) is 5.56 Å². The molecule has 3 aromatic rings. The molecule has 3 rings (SSSR count). The SMILES string of the molecule is O=c1[nH]cc(S(=O)(=O)c2ccc[nH]2)c(=O)n1-c1ccccc1. The predicted octanol–water partition coefficient (Wildman–Crippen LogP) is 0.687. The average Bonchev–Trinajstić information content (AvgIpc) is 3.03. The van der Waals surface area contributed by atoms with E-state index in [1.807, 2.05) is 0 Å². The van der Waals surface area contributed by atoms with Crippen molar-refractivity contribution in [1.29, 1.82) is 0 Å². The first kappa shape index (κ1) is 14.1. The molecule has 0 radical (unpaired) electrons. The smallest absolute Gasteiger partial charge is 0.333 e. The van der Waals surface area contributed by atoms with Gasteiger partial charge in [-0.25, -0.2) is 17.8 Å². The van der Waals surface area contributed by atoms with E-state index >= 15 is 0 Å². The van der Waals surface area contributed by atoms with Crippen molar-refractivity contribution in [1.82, 2.24) is 14.5 Å². The molecule has 7 nitrogen and oxygen atoms in total. The third-order valence-corrected chi connectivity index (χ3v) is 4.81. The van der Waals surface area contributed by atoms with Crippen molar-refractivity contribution in [3.05, 3.63) is 75.7 Å². The zero-order valence-corrected chi connectivity index (χ0v) is 12.0. The van der Waals surface area contributed by atoms with Crippen LogP contribution >= 0.6 is 0 Å². The molecule has 2 N–H and O–H groups in total. The highest BCUT2D eigenvalue weighted by Gasteiger charge is 2.24. The molecule has 0 saturated carbocycles. The minimum atomic E-state index is -4.03. The van der Waals surface area contributed by atoms with E-state index in [9.17, 15) is 18.0 Å². The summed E-state index contributed by atoms with van der Waals surface area (Å²) in [6.45, 7) is 0. The minimum Gasteiger partial charge on any atom is -0.352 e. The molecule has 22 heavy (non-hydrogen) atoms. The molecule has 2 heterocycles. The van der Waals surface area contributed by atoms with E-state index in [4.69, 9.17) is 0 Å². The molecule has 0 aliphatic heterocycles. The number of hydrogen-bond donors (Lipinski definition) is 2. The molecule has 0 unspecified atom stereocenters. The van der Waals surface area contributed by atoms with Crippen LogP contribution in [0.15, 0.2) is 74.4 Å². The van der Waals surface area contributed by atoms with Crippen molar-refractivity contribution in [2.24, 2.45) is 0 Å². The molecule has 0 amide bonds. The summed E-state index contributed by atoms with van der Waals surface area (Å²) in [5.41, 5.74) is -1.32. The number of hydrogen-bond acceptors (Lipinski definition) is 4. The summed E-state index contributed by atoms with van der Waals surface area (Å²) < 4.78 is 25.7. The van der Waals surface area contributed by atoms with E-state index in [2.05, 4.69) is 9.97 Å². The summed E-state index contributed by atoms with van der Waals surface area (Å²) in [5, 5.41) is -0.115. The number of H-pyrrole nitrogens is 2. The molecule has 2 aromatic heterocycles. The molecule has 0 fully saturated rings. The van der Waals surface area contributed by atoms with Crippen LogP contribution in [0.4, 0.5) is 0 Å². The van der Waals surface area contributed by atoms with Crippen LogP contribution in [0.3, 0.4) is 0 Å². The molecular weight excluding hydrogens is 306 g/mol. The summed E-state index contributed by atoms with van der Waals surface area (Å²) in [7, 11) is -4.03. The van der Waals surface area contributed by atoms with Gasteiger partial charge in [0.2, 0.25) is 9.84 Å².